The molecule has 0 aromatic heterocycles. The zero-order chi connectivity index (χ0) is 11.7. The average molecular weight is 247 g/mol. The van der Waals surface area contributed by atoms with Gasteiger partial charge >= 0.3 is 6.18 Å². The Morgan fingerprint density at radius 2 is 1.80 bits per heavy atom. The summed E-state index contributed by atoms with van der Waals surface area (Å²) < 4.78 is 50.3. The minimum absolute atomic E-state index is 0.00608. The third-order valence-corrected chi connectivity index (χ3v) is 2.99. The van der Waals surface area contributed by atoms with Crippen LogP contribution >= 0.6 is 0 Å². The minimum Gasteiger partial charge on any atom is -0.372 e. The Balaban J connectivity index is 3.27. The fourth-order valence-electron chi connectivity index (χ4n) is 0.856. The van der Waals surface area contributed by atoms with E-state index in [0.29, 0.717) is 30.9 Å². The summed E-state index contributed by atoms with van der Waals surface area (Å²) in [4.78, 5) is 0. The van der Waals surface area contributed by atoms with Crippen LogP contribution in [0, 0.1) is 0 Å². The summed E-state index contributed by atoms with van der Waals surface area (Å²) in [6.45, 7) is -0.757. The molecule has 3 nitrogen and oxygen atoms in total. The third kappa shape index (κ3) is 11.8. The molecular weight excluding hydrogens is 231 g/mol. The summed E-state index contributed by atoms with van der Waals surface area (Å²) in [5, 5.41) is 0. The SMILES string of the molecule is NCCCS(=O)CCCOCC(F)(F)F. The summed E-state index contributed by atoms with van der Waals surface area (Å²) >= 11 is 0. The first-order valence-electron chi connectivity index (χ1n) is 4.65. The standard InChI is InChI=1S/C8H16F3NO2S/c9-8(10,11)7-14-4-2-6-15(13)5-1-3-12/h1-7,12H2. The summed E-state index contributed by atoms with van der Waals surface area (Å²) in [7, 11) is -0.986. The van der Waals surface area contributed by atoms with E-state index in [2.05, 4.69) is 4.74 Å². The summed E-state index contributed by atoms with van der Waals surface area (Å²) in [5.74, 6) is 0.883. The monoisotopic (exact) mass is 247 g/mol. The van der Waals surface area contributed by atoms with Crippen LogP contribution in [0.3, 0.4) is 0 Å². The molecule has 0 spiro atoms. The molecule has 2 N–H and O–H groups in total. The highest BCUT2D eigenvalue weighted by Gasteiger charge is 2.27. The van der Waals surface area contributed by atoms with Gasteiger partial charge in [0.2, 0.25) is 0 Å². The second-order valence-corrected chi connectivity index (χ2v) is 4.71. The molecule has 0 bridgehead atoms. The first-order valence-corrected chi connectivity index (χ1v) is 6.14. The molecular formula is C8H16F3NO2S. The second kappa shape index (κ2) is 8.06. The molecule has 0 aromatic rings. The van der Waals surface area contributed by atoms with Crippen LogP contribution in [0.2, 0.25) is 0 Å². The molecule has 0 saturated heterocycles. The maximum atomic E-state index is 11.6. The number of hydrogen-bond donors (Lipinski definition) is 1. The van der Waals surface area contributed by atoms with Crippen LogP contribution in [0.25, 0.3) is 0 Å². The van der Waals surface area contributed by atoms with E-state index in [1.54, 1.807) is 0 Å². The van der Waals surface area contributed by atoms with Crippen LogP contribution in [0.4, 0.5) is 13.2 Å². The van der Waals surface area contributed by atoms with Crippen molar-refractivity contribution < 1.29 is 22.1 Å². The van der Waals surface area contributed by atoms with E-state index >= 15 is 0 Å². The van der Waals surface area contributed by atoms with Crippen molar-refractivity contribution in [3.8, 4) is 0 Å². The average Bonchev–Trinajstić information content (AvgIpc) is 2.12. The number of alkyl halides is 3. The van der Waals surface area contributed by atoms with Crippen LogP contribution in [-0.2, 0) is 15.5 Å². The van der Waals surface area contributed by atoms with Gasteiger partial charge < -0.3 is 10.5 Å². The van der Waals surface area contributed by atoms with Gasteiger partial charge in [0.1, 0.15) is 6.61 Å². The Hall–Kier alpha value is -0.140. The lowest BCUT2D eigenvalue weighted by Gasteiger charge is -2.07. The zero-order valence-corrected chi connectivity index (χ0v) is 9.20. The number of ether oxygens (including phenoxy) is 1. The van der Waals surface area contributed by atoms with E-state index in [0.717, 1.165) is 0 Å². The van der Waals surface area contributed by atoms with Gasteiger partial charge in [-0.3, -0.25) is 4.21 Å². The van der Waals surface area contributed by atoms with E-state index in [1.165, 1.54) is 0 Å². The van der Waals surface area contributed by atoms with Crippen molar-refractivity contribution in [3.05, 3.63) is 0 Å². The van der Waals surface area contributed by atoms with Gasteiger partial charge in [0.25, 0.3) is 0 Å². The van der Waals surface area contributed by atoms with E-state index in [1.807, 2.05) is 0 Å². The minimum atomic E-state index is -4.28. The highest BCUT2D eigenvalue weighted by atomic mass is 32.2. The summed E-state index contributed by atoms with van der Waals surface area (Å²) in [6.07, 6.45) is -3.22. The van der Waals surface area contributed by atoms with Crippen molar-refractivity contribution in [2.24, 2.45) is 5.73 Å². The molecule has 0 amide bonds. The molecule has 15 heavy (non-hydrogen) atoms. The number of rotatable bonds is 8. The molecule has 0 rings (SSSR count). The van der Waals surface area contributed by atoms with Crippen molar-refractivity contribution in [1.29, 1.82) is 0 Å². The molecule has 0 aromatic carbocycles. The maximum absolute atomic E-state index is 11.6. The van der Waals surface area contributed by atoms with Gasteiger partial charge in [-0.2, -0.15) is 13.2 Å². The molecule has 1 unspecified atom stereocenters. The Morgan fingerprint density at radius 1 is 1.20 bits per heavy atom. The summed E-state index contributed by atoms with van der Waals surface area (Å²) in [6, 6.07) is 0. The topological polar surface area (TPSA) is 52.3 Å². The van der Waals surface area contributed by atoms with Crippen molar-refractivity contribution in [2.45, 2.75) is 19.0 Å². The van der Waals surface area contributed by atoms with Gasteiger partial charge in [-0.05, 0) is 19.4 Å². The predicted octanol–water partition coefficient (Wildman–Crippen LogP) is 1.05. The quantitative estimate of drug-likeness (QED) is 0.652. The molecule has 0 fully saturated rings. The molecule has 0 aliphatic rings. The van der Waals surface area contributed by atoms with Gasteiger partial charge in [0, 0.05) is 28.9 Å². The molecule has 0 radical (unpaired) electrons. The normalized spacial score (nSPS) is 14.1. The Bertz CT molecular complexity index is 187. The number of halogens is 3. The van der Waals surface area contributed by atoms with E-state index < -0.39 is 23.6 Å². The van der Waals surface area contributed by atoms with Crippen LogP contribution in [0.15, 0.2) is 0 Å². The first-order chi connectivity index (χ1) is 6.95. The largest absolute Gasteiger partial charge is 0.411 e. The van der Waals surface area contributed by atoms with Crippen molar-refractivity contribution in [2.75, 3.05) is 31.3 Å². The van der Waals surface area contributed by atoms with E-state index in [4.69, 9.17) is 5.73 Å². The smallest absolute Gasteiger partial charge is 0.372 e. The van der Waals surface area contributed by atoms with Crippen LogP contribution < -0.4 is 5.73 Å². The lowest BCUT2D eigenvalue weighted by Crippen LogP contribution is -2.18. The molecule has 1 atom stereocenters. The molecule has 92 valence electrons. The fourth-order valence-corrected chi connectivity index (χ4v) is 1.99. The van der Waals surface area contributed by atoms with E-state index in [-0.39, 0.29) is 6.61 Å². The molecule has 0 aliphatic carbocycles. The van der Waals surface area contributed by atoms with Gasteiger partial charge in [-0.1, -0.05) is 0 Å². The Morgan fingerprint density at radius 3 is 2.33 bits per heavy atom. The van der Waals surface area contributed by atoms with Crippen molar-refractivity contribution >= 4 is 10.8 Å². The van der Waals surface area contributed by atoms with Gasteiger partial charge in [-0.25, -0.2) is 0 Å². The zero-order valence-electron chi connectivity index (χ0n) is 8.39. The fraction of sp³-hybridized carbons (Fsp3) is 1.00. The highest BCUT2D eigenvalue weighted by Crippen LogP contribution is 2.14. The van der Waals surface area contributed by atoms with Crippen LogP contribution in [-0.4, -0.2) is 41.6 Å². The second-order valence-electron chi connectivity index (χ2n) is 3.01. The third-order valence-electron chi connectivity index (χ3n) is 1.50. The van der Waals surface area contributed by atoms with Gasteiger partial charge in [0.15, 0.2) is 0 Å². The predicted molar refractivity (Wildman–Crippen MR) is 53.0 cm³/mol. The maximum Gasteiger partial charge on any atom is 0.411 e. The van der Waals surface area contributed by atoms with Gasteiger partial charge in [0.05, 0.1) is 0 Å². The van der Waals surface area contributed by atoms with Crippen molar-refractivity contribution in [3.63, 3.8) is 0 Å². The Labute approximate surface area is 89.6 Å². The van der Waals surface area contributed by atoms with Crippen molar-refractivity contribution in [1.82, 2.24) is 0 Å². The molecule has 0 saturated carbocycles. The van der Waals surface area contributed by atoms with Crippen LogP contribution in [0.5, 0.6) is 0 Å². The first kappa shape index (κ1) is 14.9. The lowest BCUT2D eigenvalue weighted by atomic mass is 10.5. The number of hydrogen-bond acceptors (Lipinski definition) is 3. The molecule has 0 aliphatic heterocycles. The summed E-state index contributed by atoms with van der Waals surface area (Å²) in [5.41, 5.74) is 5.22. The van der Waals surface area contributed by atoms with E-state index in [9.17, 15) is 17.4 Å². The van der Waals surface area contributed by atoms with Crippen LogP contribution in [0.1, 0.15) is 12.8 Å². The molecule has 7 heteroatoms. The molecule has 0 heterocycles. The number of nitrogens with two attached hydrogens (primary N) is 1. The lowest BCUT2D eigenvalue weighted by molar-refractivity contribution is -0.173. The Kier molecular flexibility index (Phi) is 7.99. The highest BCUT2D eigenvalue weighted by molar-refractivity contribution is 7.84. The van der Waals surface area contributed by atoms with Gasteiger partial charge in [-0.15, -0.1) is 0 Å².